The molecule has 0 bridgehead atoms. The normalized spacial score (nSPS) is 11.4. The number of hydrogen-bond donors (Lipinski definition) is 1. The standard InChI is InChI=1S/C14H20N4O2S.C10H15N.C9H13N.5C2H6/c1-10-5-6-11(21(20)18(3)4)9-12(10)15-13(19)7-8-14(2)16-17-14;1-9-4-6-10(7-5-9)8-11(2)3;1-8-4-6-9(7-5-8)10(2)3;5*1-2/h5-6,9H,7-8H2,1-4H3,(H,15,19);4-7H,8H2,1-3H3;4-7H,1-3H3;5*1-2H3. The maximum atomic E-state index is 12.1. The van der Waals surface area contributed by atoms with Crippen LogP contribution in [0.2, 0.25) is 0 Å². The van der Waals surface area contributed by atoms with E-state index in [2.05, 4.69) is 102 Å². The molecule has 3 aromatic rings. The van der Waals surface area contributed by atoms with Gasteiger partial charge in [-0.25, -0.2) is 8.51 Å². The van der Waals surface area contributed by atoms with Crippen LogP contribution in [0.25, 0.3) is 0 Å². The number of anilines is 2. The first-order valence-electron chi connectivity index (χ1n) is 19.1. The molecule has 298 valence electrons. The molecule has 1 aliphatic rings. The number of hydrogen-bond acceptors (Lipinski definition) is 6. The lowest BCUT2D eigenvalue weighted by Gasteiger charge is -2.13. The van der Waals surface area contributed by atoms with E-state index in [0.29, 0.717) is 23.4 Å². The van der Waals surface area contributed by atoms with Crippen molar-refractivity contribution in [3.8, 4) is 0 Å². The van der Waals surface area contributed by atoms with Crippen LogP contribution in [0, 0.1) is 20.8 Å². The van der Waals surface area contributed by atoms with Crippen LogP contribution >= 0.6 is 0 Å². The topological polar surface area (TPSA) is 80.6 Å². The number of benzene rings is 3. The molecule has 1 amide bonds. The molecule has 0 saturated carbocycles. The molecule has 4 rings (SSSR count). The number of amides is 1. The maximum Gasteiger partial charge on any atom is 0.224 e. The summed E-state index contributed by atoms with van der Waals surface area (Å²) in [7, 11) is 10.5. The van der Waals surface area contributed by atoms with E-state index in [1.807, 2.05) is 109 Å². The molecule has 3 aromatic carbocycles. The average molecular weight is 743 g/mol. The highest BCUT2D eigenvalue weighted by Gasteiger charge is 2.33. The molecule has 1 atom stereocenters. The minimum absolute atomic E-state index is 0.0792. The van der Waals surface area contributed by atoms with Crippen LogP contribution in [0.4, 0.5) is 11.4 Å². The Bertz CT molecular complexity index is 1330. The maximum absolute atomic E-state index is 12.1. The SMILES string of the molecule is CC.CC.CC.CC.CC.Cc1ccc(CN(C)C)cc1.Cc1ccc(N(C)C)cc1.Cc1ccc(S(=O)N(C)C)cc1NC(=O)CCC1(C)N=N1. The smallest absolute Gasteiger partial charge is 0.224 e. The second-order valence-electron chi connectivity index (χ2n) is 11.5. The molecule has 0 saturated heterocycles. The van der Waals surface area contributed by atoms with Crippen molar-refractivity contribution >= 4 is 28.3 Å². The Morgan fingerprint density at radius 3 is 1.52 bits per heavy atom. The summed E-state index contributed by atoms with van der Waals surface area (Å²) < 4.78 is 13.7. The Balaban J connectivity index is -0.000000316. The van der Waals surface area contributed by atoms with Gasteiger partial charge in [0.2, 0.25) is 5.91 Å². The molecule has 1 unspecified atom stereocenters. The monoisotopic (exact) mass is 743 g/mol. The van der Waals surface area contributed by atoms with Gasteiger partial charge in [0.15, 0.2) is 5.66 Å². The summed E-state index contributed by atoms with van der Waals surface area (Å²) in [6, 6.07) is 22.6. The van der Waals surface area contributed by atoms with Gasteiger partial charge in [0, 0.05) is 44.9 Å². The molecule has 1 heterocycles. The van der Waals surface area contributed by atoms with Crippen LogP contribution in [0.3, 0.4) is 0 Å². The number of carbonyl (C=O) groups is 1. The highest BCUT2D eigenvalue weighted by molar-refractivity contribution is 7.82. The van der Waals surface area contributed by atoms with Crippen molar-refractivity contribution in [3.05, 3.63) is 89.0 Å². The summed E-state index contributed by atoms with van der Waals surface area (Å²) in [5.74, 6) is -0.0792. The van der Waals surface area contributed by atoms with E-state index in [-0.39, 0.29) is 11.6 Å². The first-order valence-corrected chi connectivity index (χ1v) is 20.2. The van der Waals surface area contributed by atoms with Gasteiger partial charge in [-0.3, -0.25) is 4.79 Å². The third-order valence-electron chi connectivity index (χ3n) is 6.45. The van der Waals surface area contributed by atoms with Crippen molar-refractivity contribution < 1.29 is 9.00 Å². The zero-order valence-electron chi connectivity index (χ0n) is 36.9. The number of aryl methyl sites for hydroxylation is 3. The highest BCUT2D eigenvalue weighted by atomic mass is 32.2. The van der Waals surface area contributed by atoms with Crippen molar-refractivity contribution in [2.75, 3.05) is 52.5 Å². The van der Waals surface area contributed by atoms with Gasteiger partial charge in [-0.15, -0.1) is 0 Å². The fraction of sp³-hybridized carbons (Fsp3) is 0.558. The van der Waals surface area contributed by atoms with Gasteiger partial charge in [0.25, 0.3) is 0 Å². The second kappa shape index (κ2) is 33.4. The third kappa shape index (κ3) is 26.4. The lowest BCUT2D eigenvalue weighted by atomic mass is 10.1. The Hall–Kier alpha value is -3.40. The summed E-state index contributed by atoms with van der Waals surface area (Å²) in [6.45, 7) is 29.0. The zero-order chi connectivity index (χ0) is 41.4. The van der Waals surface area contributed by atoms with Crippen molar-refractivity contribution in [1.82, 2.24) is 9.21 Å². The Morgan fingerprint density at radius 1 is 0.692 bits per heavy atom. The van der Waals surface area contributed by atoms with Crippen molar-refractivity contribution in [3.63, 3.8) is 0 Å². The first-order chi connectivity index (χ1) is 24.7. The van der Waals surface area contributed by atoms with Crippen LogP contribution < -0.4 is 10.2 Å². The van der Waals surface area contributed by atoms with E-state index in [0.717, 1.165) is 12.1 Å². The van der Waals surface area contributed by atoms with Gasteiger partial charge in [0.05, 0.1) is 4.90 Å². The van der Waals surface area contributed by atoms with Crippen LogP contribution in [0.1, 0.15) is 111 Å². The van der Waals surface area contributed by atoms with E-state index in [1.54, 1.807) is 24.5 Å². The first kappa shape index (κ1) is 55.4. The summed E-state index contributed by atoms with van der Waals surface area (Å²) in [6.07, 6.45) is 0.977. The van der Waals surface area contributed by atoms with Gasteiger partial charge in [-0.2, -0.15) is 10.2 Å². The molecule has 0 fully saturated rings. The summed E-state index contributed by atoms with van der Waals surface area (Å²) in [5, 5.41) is 10.6. The second-order valence-corrected chi connectivity index (χ2v) is 13.2. The van der Waals surface area contributed by atoms with Gasteiger partial charge >= 0.3 is 0 Å². The molecule has 9 heteroatoms. The van der Waals surface area contributed by atoms with Crippen molar-refractivity contribution in [2.45, 2.75) is 127 Å². The molecular weight excluding hydrogens is 665 g/mol. The summed E-state index contributed by atoms with van der Waals surface area (Å²) in [5.41, 5.74) is 6.54. The Morgan fingerprint density at radius 2 is 1.13 bits per heavy atom. The fourth-order valence-electron chi connectivity index (χ4n) is 3.71. The number of nitrogens with zero attached hydrogens (tertiary/aromatic N) is 5. The van der Waals surface area contributed by atoms with Crippen LogP contribution in [-0.2, 0) is 22.3 Å². The molecule has 0 aliphatic carbocycles. The third-order valence-corrected chi connectivity index (χ3v) is 7.77. The van der Waals surface area contributed by atoms with E-state index < -0.39 is 11.0 Å². The molecular formula is C43H78N6O2S. The predicted octanol–water partition coefficient (Wildman–Crippen LogP) is 11.7. The molecule has 8 nitrogen and oxygen atoms in total. The van der Waals surface area contributed by atoms with Gasteiger partial charge in [-0.1, -0.05) is 123 Å². The van der Waals surface area contributed by atoms with E-state index in [9.17, 15) is 9.00 Å². The quantitative estimate of drug-likeness (QED) is 0.237. The largest absolute Gasteiger partial charge is 0.378 e. The Kier molecular flexibility index (Phi) is 35.6. The fourth-order valence-corrected chi connectivity index (χ4v) is 4.53. The molecule has 0 spiro atoms. The van der Waals surface area contributed by atoms with Crippen LogP contribution in [-0.4, -0.2) is 67.3 Å². The number of rotatable bonds is 9. The molecule has 1 N–H and O–H groups in total. The van der Waals surface area contributed by atoms with Crippen LogP contribution in [0.5, 0.6) is 0 Å². The molecule has 52 heavy (non-hydrogen) atoms. The highest BCUT2D eigenvalue weighted by Crippen LogP contribution is 2.32. The molecule has 0 aromatic heterocycles. The number of nitrogens with one attached hydrogen (secondary N) is 1. The summed E-state index contributed by atoms with van der Waals surface area (Å²) >= 11 is 0. The summed E-state index contributed by atoms with van der Waals surface area (Å²) in [4.78, 5) is 16.9. The van der Waals surface area contributed by atoms with Crippen molar-refractivity contribution in [2.24, 2.45) is 10.2 Å². The minimum Gasteiger partial charge on any atom is -0.378 e. The van der Waals surface area contributed by atoms with E-state index in [4.69, 9.17) is 0 Å². The Labute approximate surface area is 324 Å². The van der Waals surface area contributed by atoms with E-state index in [1.165, 1.54) is 22.4 Å². The average Bonchev–Trinajstić information content (AvgIpc) is 3.90. The van der Waals surface area contributed by atoms with Gasteiger partial charge in [-0.05, 0) is 91.3 Å². The minimum atomic E-state index is -1.22. The molecule has 1 aliphatic heterocycles. The lowest BCUT2D eigenvalue weighted by Crippen LogP contribution is -2.17. The van der Waals surface area contributed by atoms with Gasteiger partial charge in [0.1, 0.15) is 11.0 Å². The predicted molar refractivity (Wildman–Crippen MR) is 233 cm³/mol. The van der Waals surface area contributed by atoms with Gasteiger partial charge < -0.3 is 15.1 Å². The van der Waals surface area contributed by atoms with Crippen LogP contribution in [0.15, 0.2) is 81.9 Å². The molecule has 0 radical (unpaired) electrons. The van der Waals surface area contributed by atoms with E-state index >= 15 is 0 Å². The van der Waals surface area contributed by atoms with Crippen molar-refractivity contribution in [1.29, 1.82) is 0 Å². The number of carbonyl (C=O) groups excluding carboxylic acids is 1. The zero-order valence-corrected chi connectivity index (χ0v) is 37.7. The lowest BCUT2D eigenvalue weighted by molar-refractivity contribution is -0.116.